The molecule has 0 amide bonds. The van der Waals surface area contributed by atoms with Gasteiger partial charge in [-0.15, -0.1) is 0 Å². The number of anilines is 2. The monoisotopic (exact) mass is 478 g/mol. The summed E-state index contributed by atoms with van der Waals surface area (Å²) in [4.78, 5) is 11.4. The smallest absolute Gasteiger partial charge is 0.370 e. The van der Waals surface area contributed by atoms with E-state index in [9.17, 15) is 13.2 Å². The number of rotatable bonds is 4. The second-order valence-corrected chi connectivity index (χ2v) is 8.52. The van der Waals surface area contributed by atoms with E-state index in [1.807, 2.05) is 26.0 Å². The van der Waals surface area contributed by atoms with Crippen LogP contribution in [0.4, 0.5) is 24.7 Å². The molecule has 158 valence electrons. The summed E-state index contributed by atoms with van der Waals surface area (Å²) < 4.78 is 40.9. The lowest BCUT2D eigenvalue weighted by Gasteiger charge is -2.34. The van der Waals surface area contributed by atoms with Gasteiger partial charge in [-0.25, -0.2) is 9.97 Å². The van der Waals surface area contributed by atoms with Crippen LogP contribution in [-0.4, -0.2) is 23.1 Å². The van der Waals surface area contributed by atoms with Crippen LogP contribution >= 0.6 is 15.9 Å². The number of hydrogen-bond donors (Lipinski definition) is 1. The zero-order valence-electron chi connectivity index (χ0n) is 16.9. The quantitative estimate of drug-likeness (QED) is 0.470. The van der Waals surface area contributed by atoms with Crippen molar-refractivity contribution in [2.75, 3.05) is 23.3 Å². The number of nitrogens with one attached hydrogen (secondary N) is 1. The van der Waals surface area contributed by atoms with Crippen molar-refractivity contribution in [3.8, 4) is 0 Å². The summed E-state index contributed by atoms with van der Waals surface area (Å²) in [5.41, 5.74) is 2.11. The normalized spacial score (nSPS) is 15.2. The number of aromatic nitrogens is 2. The summed E-state index contributed by atoms with van der Waals surface area (Å²) >= 11 is 3.65. The highest BCUT2D eigenvalue weighted by molar-refractivity contribution is 9.10. The van der Waals surface area contributed by atoms with Gasteiger partial charge in [0.15, 0.2) is 0 Å². The van der Waals surface area contributed by atoms with Crippen molar-refractivity contribution in [2.24, 2.45) is 0 Å². The van der Waals surface area contributed by atoms with Gasteiger partial charge in [0.1, 0.15) is 11.6 Å². The van der Waals surface area contributed by atoms with Crippen LogP contribution < -0.4 is 10.2 Å². The molecule has 2 heterocycles. The van der Waals surface area contributed by atoms with Crippen molar-refractivity contribution in [3.63, 3.8) is 0 Å². The predicted octanol–water partition coefficient (Wildman–Crippen LogP) is 6.41. The largest absolute Gasteiger partial charge is 0.416 e. The van der Waals surface area contributed by atoms with Crippen molar-refractivity contribution in [2.45, 2.75) is 39.4 Å². The fraction of sp³-hybridized carbons (Fsp3) is 0.364. The Morgan fingerprint density at radius 3 is 2.50 bits per heavy atom. The Bertz CT molecular complexity index is 1110. The Kier molecular flexibility index (Phi) is 5.38. The van der Waals surface area contributed by atoms with Crippen molar-refractivity contribution < 1.29 is 13.2 Å². The number of alkyl halides is 3. The van der Waals surface area contributed by atoms with Gasteiger partial charge < -0.3 is 10.2 Å². The van der Waals surface area contributed by atoms with Gasteiger partial charge in [-0.3, -0.25) is 0 Å². The highest BCUT2D eigenvalue weighted by Gasteiger charge is 2.33. The lowest BCUT2D eigenvalue weighted by Crippen LogP contribution is -2.37. The summed E-state index contributed by atoms with van der Waals surface area (Å²) in [5.74, 6) is 1.22. The van der Waals surface area contributed by atoms with Gasteiger partial charge in [-0.1, -0.05) is 12.1 Å². The maximum absolute atomic E-state index is 13.3. The zero-order chi connectivity index (χ0) is 21.6. The molecule has 30 heavy (non-hydrogen) atoms. The van der Waals surface area contributed by atoms with Crippen LogP contribution in [0.25, 0.3) is 10.9 Å². The molecule has 1 aliphatic heterocycles. The lowest BCUT2D eigenvalue weighted by atomic mass is 9.97. The highest BCUT2D eigenvalue weighted by atomic mass is 79.9. The second-order valence-electron chi connectivity index (χ2n) is 7.66. The van der Waals surface area contributed by atoms with Crippen LogP contribution in [0.5, 0.6) is 0 Å². The summed E-state index contributed by atoms with van der Waals surface area (Å²) in [6, 6.07) is 7.94. The zero-order valence-corrected chi connectivity index (χ0v) is 18.5. The Balaban J connectivity index is 1.73. The van der Waals surface area contributed by atoms with Crippen molar-refractivity contribution >= 4 is 38.3 Å². The lowest BCUT2D eigenvalue weighted by molar-refractivity contribution is -0.138. The number of hydrogen-bond acceptors (Lipinski definition) is 4. The molecule has 1 aliphatic rings. The number of fused-ring (bicyclic) bond motifs is 1. The van der Waals surface area contributed by atoms with Crippen molar-refractivity contribution in [3.05, 3.63) is 57.3 Å². The van der Waals surface area contributed by atoms with E-state index in [2.05, 4.69) is 36.1 Å². The van der Waals surface area contributed by atoms with Gasteiger partial charge in [-0.2, -0.15) is 13.2 Å². The first-order chi connectivity index (χ1) is 14.1. The number of aryl methyl sites for hydroxylation is 1. The molecule has 8 heteroatoms. The summed E-state index contributed by atoms with van der Waals surface area (Å²) in [7, 11) is 0. The molecule has 4 nitrogen and oxygen atoms in total. The minimum atomic E-state index is -4.38. The third-order valence-electron chi connectivity index (χ3n) is 5.57. The SMILES string of the molecule is Cc1nc(NC(C)c2cccc(C(F)(F)F)c2C)c2cc(Br)c(N3CCC3)cc2n1. The van der Waals surface area contributed by atoms with Gasteiger partial charge in [0, 0.05) is 22.9 Å². The van der Waals surface area contributed by atoms with Crippen LogP contribution in [0, 0.1) is 13.8 Å². The minimum absolute atomic E-state index is 0.223. The number of nitrogens with zero attached hydrogens (tertiary/aromatic N) is 3. The molecule has 1 aromatic heterocycles. The van der Waals surface area contributed by atoms with E-state index >= 15 is 0 Å². The van der Waals surface area contributed by atoms with E-state index in [1.165, 1.54) is 19.4 Å². The fourth-order valence-electron chi connectivity index (χ4n) is 3.88. The molecule has 1 saturated heterocycles. The molecule has 0 spiro atoms. The third-order valence-corrected chi connectivity index (χ3v) is 6.21. The average molecular weight is 479 g/mol. The van der Waals surface area contributed by atoms with E-state index in [0.29, 0.717) is 17.2 Å². The fourth-order valence-corrected chi connectivity index (χ4v) is 4.47. The number of benzene rings is 2. The third kappa shape index (κ3) is 3.85. The standard InChI is InChI=1S/C22H22BrF3N4/c1-12-15(6-4-7-17(12)22(24,25)26)13(2)27-21-16-10-18(23)20(30-8-5-9-30)11-19(16)28-14(3)29-21/h4,6-7,10-11,13H,5,8-9H2,1-3H3,(H,27,28,29). The first-order valence-electron chi connectivity index (χ1n) is 9.81. The van der Waals surface area contributed by atoms with Crippen LogP contribution in [-0.2, 0) is 6.18 Å². The van der Waals surface area contributed by atoms with Gasteiger partial charge in [0.05, 0.1) is 22.8 Å². The minimum Gasteiger partial charge on any atom is -0.370 e. The van der Waals surface area contributed by atoms with E-state index in [4.69, 9.17) is 0 Å². The van der Waals surface area contributed by atoms with Crippen LogP contribution in [0.1, 0.15) is 41.9 Å². The molecule has 4 rings (SSSR count). The van der Waals surface area contributed by atoms with Crippen LogP contribution in [0.2, 0.25) is 0 Å². The maximum atomic E-state index is 13.3. The summed E-state index contributed by atoms with van der Waals surface area (Å²) in [6.07, 6.45) is -3.20. The highest BCUT2D eigenvalue weighted by Crippen LogP contribution is 2.37. The van der Waals surface area contributed by atoms with Gasteiger partial charge >= 0.3 is 6.18 Å². The second kappa shape index (κ2) is 7.72. The van der Waals surface area contributed by atoms with Gasteiger partial charge in [0.25, 0.3) is 0 Å². The molecule has 1 N–H and O–H groups in total. The Labute approximate surface area is 181 Å². The first-order valence-corrected chi connectivity index (χ1v) is 10.6. The first kappa shape index (κ1) is 20.9. The molecular weight excluding hydrogens is 457 g/mol. The Hall–Kier alpha value is -2.35. The summed E-state index contributed by atoms with van der Waals surface area (Å²) in [6.45, 7) is 7.21. The Morgan fingerprint density at radius 1 is 1.13 bits per heavy atom. The summed E-state index contributed by atoms with van der Waals surface area (Å²) in [5, 5.41) is 4.14. The van der Waals surface area contributed by atoms with E-state index < -0.39 is 11.7 Å². The maximum Gasteiger partial charge on any atom is 0.416 e. The van der Waals surface area contributed by atoms with Crippen molar-refractivity contribution in [1.82, 2.24) is 9.97 Å². The van der Waals surface area contributed by atoms with Crippen LogP contribution in [0.3, 0.4) is 0 Å². The molecule has 1 atom stereocenters. The van der Waals surface area contributed by atoms with Gasteiger partial charge in [0.2, 0.25) is 0 Å². The van der Waals surface area contributed by atoms with E-state index in [1.54, 1.807) is 6.07 Å². The molecule has 1 unspecified atom stereocenters. The molecule has 3 aromatic rings. The molecule has 0 radical (unpaired) electrons. The van der Waals surface area contributed by atoms with Crippen molar-refractivity contribution in [1.29, 1.82) is 0 Å². The van der Waals surface area contributed by atoms with Crippen LogP contribution in [0.15, 0.2) is 34.8 Å². The molecule has 0 saturated carbocycles. The molecule has 1 fully saturated rings. The average Bonchev–Trinajstić information content (AvgIpc) is 2.60. The molecular formula is C22H22BrF3N4. The van der Waals surface area contributed by atoms with E-state index in [-0.39, 0.29) is 11.6 Å². The van der Waals surface area contributed by atoms with E-state index in [0.717, 1.165) is 40.2 Å². The molecule has 2 aromatic carbocycles. The topological polar surface area (TPSA) is 41.1 Å². The number of halogens is 4. The Morgan fingerprint density at radius 2 is 1.87 bits per heavy atom. The van der Waals surface area contributed by atoms with Gasteiger partial charge in [-0.05, 0) is 72.4 Å². The molecule has 0 aliphatic carbocycles. The molecule has 0 bridgehead atoms. The predicted molar refractivity (Wildman–Crippen MR) is 117 cm³/mol.